The minimum Gasteiger partial charge on any atom is -0.507 e. The van der Waals surface area contributed by atoms with E-state index in [0.717, 1.165) is 78.5 Å². The zero-order valence-corrected chi connectivity index (χ0v) is 57.1. The second-order valence-corrected chi connectivity index (χ2v) is 32.8. The predicted molar refractivity (Wildman–Crippen MR) is 345 cm³/mol. The second-order valence-electron chi connectivity index (χ2n) is 31.5. The SMILES string of the molecule is CC(C)(C)c1cc(CCC(=O)OCC(OC(=O)CCc2cc(C(C)(C)C)c(O)c(C(C)(C)C)c2)SC(COC(=O)CCc2cc(C(C)(C)C)c(O)c(C(C)(C)C)c2)OC(=O)CCc2cc(C(C)(C)C)c(O)c(C(C)(C)C)c2)cc(C(C)(C)C)c1O. The molecule has 0 aromatic heterocycles. The molecule has 0 spiro atoms. The van der Waals surface area contributed by atoms with E-state index in [4.69, 9.17) is 18.9 Å². The van der Waals surface area contributed by atoms with Crippen molar-refractivity contribution in [1.29, 1.82) is 0 Å². The summed E-state index contributed by atoms with van der Waals surface area (Å²) in [7, 11) is 0. The van der Waals surface area contributed by atoms with Gasteiger partial charge in [0.25, 0.3) is 0 Å². The molecule has 13 heteroatoms. The van der Waals surface area contributed by atoms with E-state index in [0.29, 0.717) is 12.8 Å². The molecule has 0 aliphatic heterocycles. The quantitative estimate of drug-likeness (QED) is 0.0372. The first-order chi connectivity index (χ1) is 38.5. The number of aromatic hydroxyl groups is 4. The second kappa shape index (κ2) is 27.1. The van der Waals surface area contributed by atoms with Gasteiger partial charge < -0.3 is 39.4 Å². The van der Waals surface area contributed by atoms with E-state index in [-0.39, 0.29) is 83.2 Å². The molecule has 0 saturated carbocycles. The Kier molecular flexibility index (Phi) is 22.9. The fourth-order valence-corrected chi connectivity index (χ4v) is 11.1. The molecule has 12 nitrogen and oxygen atoms in total. The number of carbonyl (C=O) groups excluding carboxylic acids is 4. The molecular formula is C72H106O12S. The van der Waals surface area contributed by atoms with Crippen molar-refractivity contribution in [2.45, 2.75) is 272 Å². The molecule has 4 N–H and O–H groups in total. The molecule has 0 radical (unpaired) electrons. The van der Waals surface area contributed by atoms with Gasteiger partial charge in [-0.25, -0.2) is 0 Å². The van der Waals surface area contributed by atoms with Crippen molar-refractivity contribution in [3.05, 3.63) is 115 Å². The molecule has 2 atom stereocenters. The number of hydrogen-bond donors (Lipinski definition) is 4. The average Bonchev–Trinajstić information content (AvgIpc) is 1.32. The number of ether oxygens (including phenoxy) is 4. The summed E-state index contributed by atoms with van der Waals surface area (Å²) < 4.78 is 24.1. The van der Waals surface area contributed by atoms with Crippen molar-refractivity contribution < 1.29 is 58.6 Å². The Balaban J connectivity index is 1.72. The van der Waals surface area contributed by atoms with Crippen molar-refractivity contribution >= 4 is 35.6 Å². The van der Waals surface area contributed by atoms with Crippen LogP contribution in [-0.4, -0.2) is 68.4 Å². The molecule has 2 unspecified atom stereocenters. The molecule has 4 aromatic rings. The summed E-state index contributed by atoms with van der Waals surface area (Å²) in [6, 6.07) is 15.4. The van der Waals surface area contributed by atoms with Crippen molar-refractivity contribution in [3.8, 4) is 23.0 Å². The Labute approximate surface area is 515 Å². The molecule has 472 valence electrons. The van der Waals surface area contributed by atoms with Crippen LogP contribution < -0.4 is 0 Å². The number of thioether (sulfide) groups is 1. The lowest BCUT2D eigenvalue weighted by Crippen LogP contribution is -2.30. The average molecular weight is 1200 g/mol. The summed E-state index contributed by atoms with van der Waals surface area (Å²) in [6.07, 6.45) is 0.888. The smallest absolute Gasteiger partial charge is 0.307 e. The Bertz CT molecular complexity index is 2670. The number of esters is 4. The van der Waals surface area contributed by atoms with E-state index in [1.165, 1.54) is 0 Å². The molecule has 0 aliphatic carbocycles. The predicted octanol–water partition coefficient (Wildman–Crippen LogP) is 16.3. The van der Waals surface area contributed by atoms with Gasteiger partial charge in [0.15, 0.2) is 10.9 Å². The number of carbonyl (C=O) groups is 4. The molecule has 0 fully saturated rings. The van der Waals surface area contributed by atoms with Gasteiger partial charge in [0.1, 0.15) is 36.2 Å². The van der Waals surface area contributed by atoms with Gasteiger partial charge in [-0.1, -0.05) is 226 Å². The summed E-state index contributed by atoms with van der Waals surface area (Å²) in [6.45, 7) is 47.7. The normalized spacial score (nSPS) is 13.7. The topological polar surface area (TPSA) is 186 Å². The number of phenols is 4. The van der Waals surface area contributed by atoms with E-state index in [1.54, 1.807) is 0 Å². The van der Waals surface area contributed by atoms with Crippen LogP contribution in [0.25, 0.3) is 0 Å². The van der Waals surface area contributed by atoms with Gasteiger partial charge in [0, 0.05) is 25.7 Å². The summed E-state index contributed by atoms with van der Waals surface area (Å²) in [4.78, 5) is 56.0. The molecule has 4 rings (SSSR count). The van der Waals surface area contributed by atoms with Gasteiger partial charge in [0.2, 0.25) is 0 Å². The van der Waals surface area contributed by atoms with Crippen molar-refractivity contribution in [1.82, 2.24) is 0 Å². The van der Waals surface area contributed by atoms with Crippen LogP contribution in [0.5, 0.6) is 23.0 Å². The van der Waals surface area contributed by atoms with Crippen molar-refractivity contribution in [2.75, 3.05) is 13.2 Å². The van der Waals surface area contributed by atoms with Gasteiger partial charge in [-0.2, -0.15) is 0 Å². The minimum absolute atomic E-state index is 0.0347. The standard InChI is InChI=1S/C72H106O12S/c1-65(2,3)47-33-43(34-48(61(47)77)66(4,5)6)25-29-55(73)81-41-59(83-57(75)31-27-45-37-51(69(13,14)15)63(79)52(38-45)70(16,17)18)85-60(84-58(76)32-28-46-39-53(71(19,20)21)64(80)54(40-46)72(22,23)24)42-82-56(74)30-26-44-35-49(67(7,8)9)62(78)50(36-44)68(10,11)12/h33-40,59-60,77-80H,25-32,41-42H2,1-24H3. The summed E-state index contributed by atoms with van der Waals surface area (Å²) in [5.41, 5.74) is 3.80. The zero-order valence-electron chi connectivity index (χ0n) is 56.3. The van der Waals surface area contributed by atoms with Crippen LogP contribution in [0, 0.1) is 0 Å². The van der Waals surface area contributed by atoms with Crippen LogP contribution in [0.4, 0.5) is 0 Å². The molecule has 0 saturated heterocycles. The van der Waals surface area contributed by atoms with Gasteiger partial charge in [0.05, 0.1) is 0 Å². The first-order valence-electron chi connectivity index (χ1n) is 30.3. The largest absolute Gasteiger partial charge is 0.507 e. The zero-order chi connectivity index (χ0) is 65.0. The first kappa shape index (κ1) is 71.8. The fraction of sp³-hybridized carbons (Fsp3) is 0.611. The fourth-order valence-electron chi connectivity index (χ4n) is 10.2. The maximum atomic E-state index is 14.2. The van der Waals surface area contributed by atoms with Gasteiger partial charge >= 0.3 is 23.9 Å². The molecule has 4 aromatic carbocycles. The summed E-state index contributed by atoms with van der Waals surface area (Å²) in [5, 5.41) is 45.6. The number of benzene rings is 4. The van der Waals surface area contributed by atoms with Crippen LogP contribution in [0.15, 0.2) is 48.5 Å². The molecule has 0 bridgehead atoms. The van der Waals surface area contributed by atoms with E-state index < -0.39 is 69.6 Å². The first-order valence-corrected chi connectivity index (χ1v) is 31.3. The monoisotopic (exact) mass is 1190 g/mol. The lowest BCUT2D eigenvalue weighted by Gasteiger charge is -2.28. The highest BCUT2D eigenvalue weighted by Gasteiger charge is 2.33. The third-order valence-corrected chi connectivity index (χ3v) is 16.3. The van der Waals surface area contributed by atoms with E-state index in [1.807, 2.05) is 215 Å². The van der Waals surface area contributed by atoms with Gasteiger partial charge in [-0.15, -0.1) is 0 Å². The van der Waals surface area contributed by atoms with E-state index in [9.17, 15) is 39.6 Å². The van der Waals surface area contributed by atoms with Crippen molar-refractivity contribution in [3.63, 3.8) is 0 Å². The van der Waals surface area contributed by atoms with E-state index >= 15 is 0 Å². The number of rotatable bonds is 20. The number of aryl methyl sites for hydroxylation is 4. The van der Waals surface area contributed by atoms with Crippen LogP contribution in [0.1, 0.15) is 259 Å². The maximum absolute atomic E-state index is 14.2. The maximum Gasteiger partial charge on any atom is 0.307 e. The van der Waals surface area contributed by atoms with Gasteiger partial charge in [-0.3, -0.25) is 19.2 Å². The van der Waals surface area contributed by atoms with Crippen molar-refractivity contribution in [2.24, 2.45) is 0 Å². The molecule has 0 aliphatic rings. The highest BCUT2D eigenvalue weighted by atomic mass is 32.2. The molecule has 85 heavy (non-hydrogen) atoms. The van der Waals surface area contributed by atoms with Gasteiger partial charge in [-0.05, 0) is 136 Å². The molecule has 0 heterocycles. The Morgan fingerprint density at radius 1 is 0.318 bits per heavy atom. The number of phenolic OH excluding ortho intramolecular Hbond substituents is 4. The Morgan fingerprint density at radius 3 is 0.647 bits per heavy atom. The van der Waals surface area contributed by atoms with Crippen LogP contribution in [0.2, 0.25) is 0 Å². The lowest BCUT2D eigenvalue weighted by molar-refractivity contribution is -0.155. The Morgan fingerprint density at radius 2 is 0.482 bits per heavy atom. The third kappa shape index (κ3) is 20.7. The highest BCUT2D eigenvalue weighted by molar-refractivity contribution is 8.00. The highest BCUT2D eigenvalue weighted by Crippen LogP contribution is 2.44. The third-order valence-electron chi connectivity index (χ3n) is 15.2. The van der Waals surface area contributed by atoms with E-state index in [2.05, 4.69) is 0 Å². The van der Waals surface area contributed by atoms with Crippen LogP contribution in [-0.2, 0) is 107 Å². The molecular weight excluding hydrogens is 1090 g/mol. The van der Waals surface area contributed by atoms with Crippen LogP contribution >= 0.6 is 11.8 Å². The summed E-state index contributed by atoms with van der Waals surface area (Å²) in [5.74, 6) is -1.49. The number of hydrogen-bond acceptors (Lipinski definition) is 13. The Hall–Kier alpha value is -5.69. The molecule has 0 amide bonds. The van der Waals surface area contributed by atoms with Crippen LogP contribution in [0.3, 0.4) is 0 Å². The minimum atomic E-state index is -1.24. The lowest BCUT2D eigenvalue weighted by atomic mass is 9.78. The summed E-state index contributed by atoms with van der Waals surface area (Å²) >= 11 is 0.890.